The van der Waals surface area contributed by atoms with Crippen molar-refractivity contribution in [3.63, 3.8) is 0 Å². The molecule has 3 nitrogen and oxygen atoms in total. The van der Waals surface area contributed by atoms with Crippen LogP contribution in [0.25, 0.3) is 0 Å². The Kier molecular flexibility index (Phi) is 4.14. The molecule has 0 aliphatic heterocycles. The van der Waals surface area contributed by atoms with Gasteiger partial charge in [0.25, 0.3) is 5.56 Å². The van der Waals surface area contributed by atoms with Crippen molar-refractivity contribution in [2.75, 3.05) is 0 Å². The normalized spacial score (nSPS) is 11.8. The highest BCUT2D eigenvalue weighted by atomic mass is 35.5. The standard InChI is InChI=1S/C12H19ClN2O/c1-5-6-15-11(16)9(8-13)7-10(14-15)12(2,3)4/h7H,5-6,8H2,1-4H3. The van der Waals surface area contributed by atoms with E-state index in [-0.39, 0.29) is 16.9 Å². The Bertz CT molecular complexity index is 418. The highest BCUT2D eigenvalue weighted by Gasteiger charge is 2.18. The Labute approximate surface area is 101 Å². The van der Waals surface area contributed by atoms with Crippen LogP contribution >= 0.6 is 11.6 Å². The van der Waals surface area contributed by atoms with E-state index in [2.05, 4.69) is 25.9 Å². The minimum absolute atomic E-state index is 0.0650. The maximum Gasteiger partial charge on any atom is 0.271 e. The molecule has 1 aromatic rings. The van der Waals surface area contributed by atoms with Crippen molar-refractivity contribution >= 4 is 11.6 Å². The van der Waals surface area contributed by atoms with E-state index in [1.54, 1.807) is 0 Å². The summed E-state index contributed by atoms with van der Waals surface area (Å²) in [7, 11) is 0. The molecule has 1 heterocycles. The summed E-state index contributed by atoms with van der Waals surface area (Å²) in [6.45, 7) is 8.90. The fourth-order valence-corrected chi connectivity index (χ4v) is 1.61. The number of hydrogen-bond acceptors (Lipinski definition) is 2. The third-order valence-corrected chi connectivity index (χ3v) is 2.68. The second-order valence-electron chi connectivity index (χ2n) is 4.97. The zero-order valence-corrected chi connectivity index (χ0v) is 11.1. The molecular formula is C12H19ClN2O. The van der Waals surface area contributed by atoms with Gasteiger partial charge in [-0.1, -0.05) is 27.7 Å². The van der Waals surface area contributed by atoms with Crippen LogP contribution in [0.2, 0.25) is 0 Å². The minimum Gasteiger partial charge on any atom is -0.267 e. The van der Waals surface area contributed by atoms with E-state index in [9.17, 15) is 4.79 Å². The van der Waals surface area contributed by atoms with Crippen molar-refractivity contribution in [3.05, 3.63) is 27.7 Å². The van der Waals surface area contributed by atoms with Crippen LogP contribution in [-0.4, -0.2) is 9.78 Å². The van der Waals surface area contributed by atoms with E-state index >= 15 is 0 Å². The number of halogens is 1. The molecule has 1 aromatic heterocycles. The molecule has 0 aliphatic carbocycles. The van der Waals surface area contributed by atoms with Gasteiger partial charge in [-0.3, -0.25) is 4.79 Å². The van der Waals surface area contributed by atoms with E-state index in [0.717, 1.165) is 12.1 Å². The van der Waals surface area contributed by atoms with Crippen LogP contribution in [0.3, 0.4) is 0 Å². The maximum atomic E-state index is 11.9. The molecule has 0 aromatic carbocycles. The van der Waals surface area contributed by atoms with Gasteiger partial charge in [0.05, 0.1) is 11.6 Å². The van der Waals surface area contributed by atoms with Gasteiger partial charge in [0.1, 0.15) is 0 Å². The Balaban J connectivity index is 3.34. The Hall–Kier alpha value is -0.830. The summed E-state index contributed by atoms with van der Waals surface area (Å²) < 4.78 is 1.53. The van der Waals surface area contributed by atoms with Gasteiger partial charge in [0.15, 0.2) is 0 Å². The van der Waals surface area contributed by atoms with Gasteiger partial charge in [-0.25, -0.2) is 4.68 Å². The molecule has 0 fully saturated rings. The fourth-order valence-electron chi connectivity index (χ4n) is 1.42. The van der Waals surface area contributed by atoms with Gasteiger partial charge in [0, 0.05) is 17.5 Å². The van der Waals surface area contributed by atoms with Crippen molar-refractivity contribution in [2.24, 2.45) is 0 Å². The van der Waals surface area contributed by atoms with Crippen LogP contribution in [-0.2, 0) is 17.8 Å². The van der Waals surface area contributed by atoms with Crippen molar-refractivity contribution in [3.8, 4) is 0 Å². The van der Waals surface area contributed by atoms with Crippen LogP contribution < -0.4 is 5.56 Å². The molecule has 0 spiro atoms. The van der Waals surface area contributed by atoms with E-state index in [4.69, 9.17) is 11.6 Å². The predicted octanol–water partition coefficient (Wildman–Crippen LogP) is 2.69. The molecule has 0 aliphatic rings. The average Bonchev–Trinajstić information content (AvgIpc) is 2.19. The maximum absolute atomic E-state index is 11.9. The van der Waals surface area contributed by atoms with Crippen molar-refractivity contribution in [2.45, 2.75) is 52.0 Å². The molecular weight excluding hydrogens is 224 g/mol. The third-order valence-electron chi connectivity index (χ3n) is 2.40. The van der Waals surface area contributed by atoms with Gasteiger partial charge in [-0.15, -0.1) is 11.6 Å². The summed E-state index contributed by atoms with van der Waals surface area (Å²) >= 11 is 5.79. The van der Waals surface area contributed by atoms with Gasteiger partial charge in [0.2, 0.25) is 0 Å². The minimum atomic E-state index is -0.0655. The monoisotopic (exact) mass is 242 g/mol. The van der Waals surface area contributed by atoms with Gasteiger partial charge >= 0.3 is 0 Å². The summed E-state index contributed by atoms with van der Waals surface area (Å²) in [5.41, 5.74) is 1.42. The topological polar surface area (TPSA) is 34.9 Å². The summed E-state index contributed by atoms with van der Waals surface area (Å²) in [5, 5.41) is 4.39. The smallest absolute Gasteiger partial charge is 0.267 e. The lowest BCUT2D eigenvalue weighted by atomic mass is 9.91. The lowest BCUT2D eigenvalue weighted by molar-refractivity contribution is 0.493. The first-order chi connectivity index (χ1) is 7.40. The molecule has 0 amide bonds. The van der Waals surface area contributed by atoms with Gasteiger partial charge < -0.3 is 0 Å². The SMILES string of the molecule is CCCn1nc(C(C)(C)C)cc(CCl)c1=O. The van der Waals surface area contributed by atoms with Crippen LogP contribution in [0.4, 0.5) is 0 Å². The van der Waals surface area contributed by atoms with Crippen LogP contribution in [0.15, 0.2) is 10.9 Å². The fraction of sp³-hybridized carbons (Fsp3) is 0.667. The number of aromatic nitrogens is 2. The Morgan fingerprint density at radius 2 is 2.06 bits per heavy atom. The van der Waals surface area contributed by atoms with Crippen LogP contribution in [0, 0.1) is 0 Å². The summed E-state index contributed by atoms with van der Waals surface area (Å²) in [4.78, 5) is 11.9. The van der Waals surface area contributed by atoms with E-state index in [0.29, 0.717) is 12.1 Å². The van der Waals surface area contributed by atoms with E-state index in [1.807, 2.05) is 13.0 Å². The molecule has 4 heteroatoms. The molecule has 0 unspecified atom stereocenters. The molecule has 0 atom stereocenters. The molecule has 0 saturated carbocycles. The predicted molar refractivity (Wildman–Crippen MR) is 67.0 cm³/mol. The Morgan fingerprint density at radius 1 is 1.44 bits per heavy atom. The highest BCUT2D eigenvalue weighted by molar-refractivity contribution is 6.17. The second-order valence-corrected chi connectivity index (χ2v) is 5.23. The molecule has 0 N–H and O–H groups in total. The zero-order valence-electron chi connectivity index (χ0n) is 10.4. The second kappa shape index (κ2) is 5.00. The molecule has 0 bridgehead atoms. The lowest BCUT2D eigenvalue weighted by Crippen LogP contribution is -2.30. The van der Waals surface area contributed by atoms with Crippen molar-refractivity contribution in [1.82, 2.24) is 9.78 Å². The largest absolute Gasteiger partial charge is 0.271 e. The molecule has 90 valence electrons. The first-order valence-corrected chi connectivity index (χ1v) is 6.11. The first kappa shape index (κ1) is 13.2. The number of hydrogen-bond donors (Lipinski definition) is 0. The average molecular weight is 243 g/mol. The number of alkyl halides is 1. The molecule has 16 heavy (non-hydrogen) atoms. The number of aryl methyl sites for hydroxylation is 1. The summed E-state index contributed by atoms with van der Waals surface area (Å²) in [6, 6.07) is 1.82. The quantitative estimate of drug-likeness (QED) is 0.764. The lowest BCUT2D eigenvalue weighted by Gasteiger charge is -2.19. The third kappa shape index (κ3) is 2.85. The van der Waals surface area contributed by atoms with Gasteiger partial charge in [-0.2, -0.15) is 5.10 Å². The van der Waals surface area contributed by atoms with Crippen LogP contribution in [0.1, 0.15) is 45.4 Å². The number of nitrogens with zero attached hydrogens (tertiary/aromatic N) is 2. The zero-order chi connectivity index (χ0) is 12.3. The van der Waals surface area contributed by atoms with E-state index < -0.39 is 0 Å². The molecule has 0 radical (unpaired) electrons. The number of rotatable bonds is 3. The van der Waals surface area contributed by atoms with Crippen molar-refractivity contribution in [1.29, 1.82) is 0 Å². The summed E-state index contributed by atoms with van der Waals surface area (Å²) in [6.07, 6.45) is 0.891. The highest BCUT2D eigenvalue weighted by Crippen LogP contribution is 2.19. The molecule has 1 rings (SSSR count). The van der Waals surface area contributed by atoms with Crippen molar-refractivity contribution < 1.29 is 0 Å². The summed E-state index contributed by atoms with van der Waals surface area (Å²) in [5.74, 6) is 0.244. The first-order valence-electron chi connectivity index (χ1n) is 5.57. The van der Waals surface area contributed by atoms with Crippen LogP contribution in [0.5, 0.6) is 0 Å². The molecule has 0 saturated heterocycles. The Morgan fingerprint density at radius 3 is 2.50 bits per heavy atom. The van der Waals surface area contributed by atoms with Gasteiger partial charge in [-0.05, 0) is 12.5 Å². The van der Waals surface area contributed by atoms with E-state index in [1.165, 1.54) is 4.68 Å².